The van der Waals surface area contributed by atoms with Gasteiger partial charge < -0.3 is 10.2 Å². The Hall–Kier alpha value is -1.45. The van der Waals surface area contributed by atoms with Crippen molar-refractivity contribution in [3.8, 4) is 5.75 Å². The minimum Gasteiger partial charge on any atom is -0.507 e. The SMILES string of the molecule is [B]c1cc(C)c(O)c(C(=O)O)c1. The van der Waals surface area contributed by atoms with Crippen LogP contribution in [0.2, 0.25) is 0 Å². The molecule has 0 saturated carbocycles. The molecule has 0 fully saturated rings. The molecule has 12 heavy (non-hydrogen) atoms. The molecular formula is C8H7BO3. The summed E-state index contributed by atoms with van der Waals surface area (Å²) in [7, 11) is 5.39. The van der Waals surface area contributed by atoms with E-state index in [4.69, 9.17) is 13.0 Å². The van der Waals surface area contributed by atoms with Gasteiger partial charge in [0.15, 0.2) is 0 Å². The van der Waals surface area contributed by atoms with E-state index in [1.807, 2.05) is 0 Å². The first-order valence-corrected chi connectivity index (χ1v) is 3.34. The number of aromatic carboxylic acids is 1. The Bertz CT molecular complexity index is 333. The fourth-order valence-electron chi connectivity index (χ4n) is 0.970. The highest BCUT2D eigenvalue weighted by molar-refractivity contribution is 6.32. The summed E-state index contributed by atoms with van der Waals surface area (Å²) in [6, 6.07) is 2.74. The molecule has 0 spiro atoms. The first kappa shape index (κ1) is 8.65. The minimum absolute atomic E-state index is 0.160. The van der Waals surface area contributed by atoms with Gasteiger partial charge in [0.2, 0.25) is 0 Å². The number of carboxylic acid groups (broad SMARTS) is 1. The Kier molecular flexibility index (Phi) is 2.08. The molecule has 0 aliphatic carbocycles. The van der Waals surface area contributed by atoms with Crippen LogP contribution in [0.3, 0.4) is 0 Å². The molecule has 0 unspecified atom stereocenters. The Morgan fingerprint density at radius 1 is 1.50 bits per heavy atom. The standard InChI is InChI=1S/C8H7BO3/c1-4-2-5(9)3-6(7(4)10)8(11)12/h2-3,10H,1H3,(H,11,12). The van der Waals surface area contributed by atoms with Gasteiger partial charge in [-0.3, -0.25) is 0 Å². The van der Waals surface area contributed by atoms with Gasteiger partial charge in [-0.15, -0.1) is 0 Å². The second kappa shape index (κ2) is 2.89. The van der Waals surface area contributed by atoms with Crippen molar-refractivity contribution >= 4 is 19.3 Å². The van der Waals surface area contributed by atoms with Crippen molar-refractivity contribution in [1.82, 2.24) is 0 Å². The van der Waals surface area contributed by atoms with Gasteiger partial charge in [-0.2, -0.15) is 0 Å². The summed E-state index contributed by atoms with van der Waals surface area (Å²) in [6.45, 7) is 1.60. The maximum atomic E-state index is 10.5. The fraction of sp³-hybridized carbons (Fsp3) is 0.125. The Morgan fingerprint density at radius 2 is 2.08 bits per heavy atom. The summed E-state index contributed by atoms with van der Waals surface area (Å²) >= 11 is 0. The number of benzene rings is 1. The Balaban J connectivity index is 3.37. The van der Waals surface area contributed by atoms with Crippen LogP contribution >= 0.6 is 0 Å². The van der Waals surface area contributed by atoms with Crippen LogP contribution in [0, 0.1) is 6.92 Å². The van der Waals surface area contributed by atoms with Crippen LogP contribution in [0.15, 0.2) is 12.1 Å². The Morgan fingerprint density at radius 3 is 2.58 bits per heavy atom. The zero-order valence-corrected chi connectivity index (χ0v) is 6.53. The quantitative estimate of drug-likeness (QED) is 0.579. The lowest BCUT2D eigenvalue weighted by Crippen LogP contribution is -2.08. The number of phenols is 1. The van der Waals surface area contributed by atoms with Crippen LogP contribution in [-0.2, 0) is 0 Å². The molecule has 1 aromatic rings. The normalized spacial score (nSPS) is 9.75. The molecule has 4 heteroatoms. The summed E-state index contributed by atoms with van der Waals surface area (Å²) in [4.78, 5) is 10.5. The van der Waals surface area contributed by atoms with Crippen molar-refractivity contribution in [2.75, 3.05) is 0 Å². The summed E-state index contributed by atoms with van der Waals surface area (Å²) in [6.07, 6.45) is 0. The summed E-state index contributed by atoms with van der Waals surface area (Å²) in [5, 5.41) is 17.9. The van der Waals surface area contributed by atoms with Crippen LogP contribution < -0.4 is 5.46 Å². The maximum Gasteiger partial charge on any atom is 0.339 e. The largest absolute Gasteiger partial charge is 0.507 e. The Labute approximate surface area is 71.1 Å². The molecule has 0 aliphatic heterocycles. The van der Waals surface area contributed by atoms with Crippen molar-refractivity contribution in [3.63, 3.8) is 0 Å². The smallest absolute Gasteiger partial charge is 0.339 e. The number of hydrogen-bond acceptors (Lipinski definition) is 2. The van der Waals surface area contributed by atoms with E-state index in [2.05, 4.69) is 0 Å². The third-order valence-corrected chi connectivity index (χ3v) is 1.55. The number of hydrogen-bond donors (Lipinski definition) is 2. The molecule has 60 valence electrons. The number of rotatable bonds is 1. The van der Waals surface area contributed by atoms with E-state index in [1.54, 1.807) is 6.92 Å². The zero-order valence-electron chi connectivity index (χ0n) is 6.53. The van der Waals surface area contributed by atoms with Gasteiger partial charge in [-0.05, 0) is 12.5 Å². The summed E-state index contributed by atoms with van der Waals surface area (Å²) < 4.78 is 0. The van der Waals surface area contributed by atoms with E-state index in [9.17, 15) is 9.90 Å². The third kappa shape index (κ3) is 1.42. The molecule has 0 saturated heterocycles. The number of aryl methyl sites for hydroxylation is 1. The van der Waals surface area contributed by atoms with Gasteiger partial charge in [0.25, 0.3) is 0 Å². The van der Waals surface area contributed by atoms with Gasteiger partial charge in [0, 0.05) is 0 Å². The van der Waals surface area contributed by atoms with E-state index >= 15 is 0 Å². The van der Waals surface area contributed by atoms with Crippen molar-refractivity contribution in [3.05, 3.63) is 23.3 Å². The van der Waals surface area contributed by atoms with E-state index < -0.39 is 5.97 Å². The molecule has 0 aromatic heterocycles. The lowest BCUT2D eigenvalue weighted by Gasteiger charge is -2.04. The highest BCUT2D eigenvalue weighted by atomic mass is 16.4. The first-order valence-electron chi connectivity index (χ1n) is 3.34. The number of carbonyl (C=O) groups is 1. The van der Waals surface area contributed by atoms with Gasteiger partial charge in [0.05, 0.1) is 0 Å². The fourth-order valence-corrected chi connectivity index (χ4v) is 0.970. The van der Waals surface area contributed by atoms with E-state index in [1.165, 1.54) is 12.1 Å². The monoisotopic (exact) mass is 162 g/mol. The first-order chi connectivity index (χ1) is 5.52. The summed E-state index contributed by atoms with van der Waals surface area (Å²) in [5.41, 5.74) is 0.641. The lowest BCUT2D eigenvalue weighted by atomic mass is 9.91. The van der Waals surface area contributed by atoms with Crippen molar-refractivity contribution in [2.45, 2.75) is 6.92 Å². The van der Waals surface area contributed by atoms with Gasteiger partial charge in [0.1, 0.15) is 19.2 Å². The van der Waals surface area contributed by atoms with Crippen LogP contribution in [0.1, 0.15) is 15.9 Å². The predicted octanol–water partition coefficient (Wildman–Crippen LogP) is 0.193. The van der Waals surface area contributed by atoms with Gasteiger partial charge in [-0.25, -0.2) is 4.79 Å². The molecular weight excluding hydrogens is 155 g/mol. The highest BCUT2D eigenvalue weighted by Gasteiger charge is 2.11. The van der Waals surface area contributed by atoms with Crippen LogP contribution in [0.4, 0.5) is 0 Å². The minimum atomic E-state index is -1.18. The number of aromatic hydroxyl groups is 1. The van der Waals surface area contributed by atoms with E-state index in [0.29, 0.717) is 11.0 Å². The van der Waals surface area contributed by atoms with Crippen LogP contribution in [0.5, 0.6) is 5.75 Å². The van der Waals surface area contributed by atoms with Crippen LogP contribution in [0.25, 0.3) is 0 Å². The summed E-state index contributed by atoms with van der Waals surface area (Å²) in [5.74, 6) is -1.40. The van der Waals surface area contributed by atoms with Gasteiger partial charge in [-0.1, -0.05) is 17.6 Å². The van der Waals surface area contributed by atoms with E-state index in [0.717, 1.165) is 0 Å². The second-order valence-electron chi connectivity index (χ2n) is 2.54. The average molecular weight is 162 g/mol. The third-order valence-electron chi connectivity index (χ3n) is 1.55. The molecule has 2 radical (unpaired) electrons. The molecule has 0 aliphatic rings. The predicted molar refractivity (Wildman–Crippen MR) is 45.2 cm³/mol. The maximum absolute atomic E-state index is 10.5. The van der Waals surface area contributed by atoms with Crippen molar-refractivity contribution in [2.24, 2.45) is 0 Å². The molecule has 0 atom stereocenters. The van der Waals surface area contributed by atoms with E-state index in [-0.39, 0.29) is 11.3 Å². The molecule has 0 heterocycles. The van der Waals surface area contributed by atoms with Gasteiger partial charge >= 0.3 is 5.97 Å². The average Bonchev–Trinajstić information content (AvgIpc) is 1.96. The molecule has 1 aromatic carbocycles. The molecule has 3 nitrogen and oxygen atoms in total. The molecule has 0 bridgehead atoms. The zero-order chi connectivity index (χ0) is 9.30. The van der Waals surface area contributed by atoms with Crippen LogP contribution in [-0.4, -0.2) is 24.0 Å². The molecule has 2 N–H and O–H groups in total. The highest BCUT2D eigenvalue weighted by Crippen LogP contribution is 2.19. The van der Waals surface area contributed by atoms with Crippen molar-refractivity contribution < 1.29 is 15.0 Å². The second-order valence-corrected chi connectivity index (χ2v) is 2.54. The lowest BCUT2D eigenvalue weighted by molar-refractivity contribution is 0.0693. The molecule has 0 amide bonds. The topological polar surface area (TPSA) is 57.5 Å². The molecule has 1 rings (SSSR count). The number of carboxylic acids is 1. The van der Waals surface area contributed by atoms with Crippen molar-refractivity contribution in [1.29, 1.82) is 0 Å².